The summed E-state index contributed by atoms with van der Waals surface area (Å²) in [6, 6.07) is 0. The van der Waals surface area contributed by atoms with Crippen LogP contribution in [-0.4, -0.2) is 22.3 Å². The second-order valence-electron chi connectivity index (χ2n) is 7.11. The summed E-state index contributed by atoms with van der Waals surface area (Å²) >= 11 is 0. The van der Waals surface area contributed by atoms with E-state index in [1.165, 1.54) is 6.42 Å². The summed E-state index contributed by atoms with van der Waals surface area (Å²) in [7, 11) is 0. The average molecular weight is 264 g/mol. The topological polar surface area (TPSA) is 46.5 Å². The van der Waals surface area contributed by atoms with Gasteiger partial charge in [0.15, 0.2) is 0 Å². The molecule has 4 aliphatic carbocycles. The molecule has 3 heteroatoms. The maximum absolute atomic E-state index is 12.1. The molecule has 0 aromatic heterocycles. The average Bonchev–Trinajstić information content (AvgIpc) is 2.24. The minimum absolute atomic E-state index is 0.243. The summed E-state index contributed by atoms with van der Waals surface area (Å²) in [6.07, 6.45) is 7.14. The molecule has 0 saturated heterocycles. The zero-order valence-corrected chi connectivity index (χ0v) is 11.8. The second kappa shape index (κ2) is 4.34. The van der Waals surface area contributed by atoms with Crippen LogP contribution in [0, 0.1) is 11.8 Å². The van der Waals surface area contributed by atoms with Gasteiger partial charge in [-0.1, -0.05) is 19.9 Å². The molecule has 0 aromatic rings. The van der Waals surface area contributed by atoms with Gasteiger partial charge < -0.3 is 9.84 Å². The lowest BCUT2D eigenvalue weighted by Gasteiger charge is -2.59. The van der Waals surface area contributed by atoms with Crippen molar-refractivity contribution in [2.24, 2.45) is 11.8 Å². The number of rotatable bonds is 4. The highest BCUT2D eigenvalue weighted by Gasteiger charge is 2.59. The van der Waals surface area contributed by atoms with Crippen LogP contribution in [0.25, 0.3) is 0 Å². The van der Waals surface area contributed by atoms with Gasteiger partial charge in [-0.25, -0.2) is 4.79 Å². The molecule has 4 saturated carbocycles. The first kappa shape index (κ1) is 13.2. The number of carbonyl (C=O) groups excluding carboxylic acids is 1. The van der Waals surface area contributed by atoms with E-state index in [0.29, 0.717) is 30.3 Å². The Morgan fingerprint density at radius 2 is 1.95 bits per heavy atom. The minimum atomic E-state index is -0.573. The lowest BCUT2D eigenvalue weighted by atomic mass is 9.52. The summed E-state index contributed by atoms with van der Waals surface area (Å²) in [5.41, 5.74) is -0.395. The van der Waals surface area contributed by atoms with Crippen LogP contribution < -0.4 is 0 Å². The summed E-state index contributed by atoms with van der Waals surface area (Å²) < 4.78 is 5.83. The lowest BCUT2D eigenvalue weighted by Crippen LogP contribution is -2.60. The van der Waals surface area contributed by atoms with E-state index in [2.05, 4.69) is 6.58 Å². The number of ether oxygens (including phenoxy) is 1. The third kappa shape index (κ3) is 2.33. The normalized spacial score (nSPS) is 43.3. The van der Waals surface area contributed by atoms with Crippen LogP contribution in [-0.2, 0) is 9.53 Å². The van der Waals surface area contributed by atoms with Gasteiger partial charge in [-0.05, 0) is 50.4 Å². The first-order valence-electron chi connectivity index (χ1n) is 7.57. The van der Waals surface area contributed by atoms with E-state index in [-0.39, 0.29) is 5.97 Å². The van der Waals surface area contributed by atoms with Crippen LogP contribution in [0.2, 0.25) is 0 Å². The van der Waals surface area contributed by atoms with Gasteiger partial charge in [-0.3, -0.25) is 0 Å². The minimum Gasteiger partial charge on any atom is -0.456 e. The molecule has 2 atom stereocenters. The highest BCUT2D eigenvalue weighted by Crippen LogP contribution is 2.58. The largest absolute Gasteiger partial charge is 0.456 e. The van der Waals surface area contributed by atoms with E-state index in [9.17, 15) is 9.90 Å². The van der Waals surface area contributed by atoms with Crippen molar-refractivity contribution in [3.63, 3.8) is 0 Å². The molecule has 0 heterocycles. The van der Waals surface area contributed by atoms with Gasteiger partial charge in [0.25, 0.3) is 0 Å². The Morgan fingerprint density at radius 3 is 2.47 bits per heavy atom. The van der Waals surface area contributed by atoms with E-state index < -0.39 is 11.2 Å². The first-order chi connectivity index (χ1) is 8.94. The van der Waals surface area contributed by atoms with Crippen molar-refractivity contribution in [2.45, 2.75) is 69.5 Å². The van der Waals surface area contributed by atoms with E-state index in [0.717, 1.165) is 32.1 Å². The third-order valence-corrected chi connectivity index (χ3v) is 5.13. The molecule has 3 nitrogen and oxygen atoms in total. The van der Waals surface area contributed by atoms with Gasteiger partial charge in [0, 0.05) is 12.0 Å². The third-order valence-electron chi connectivity index (χ3n) is 5.13. The standard InChI is InChI=1S/C16H24O3/c1-3-4-11(2)14(17)19-16-8-12-5-13(9-16)7-15(18,6-12)10-16/h12-13,18H,2-10H2,1H3. The predicted octanol–water partition coefficient (Wildman–Crippen LogP) is 2.97. The van der Waals surface area contributed by atoms with Crippen molar-refractivity contribution in [3.05, 3.63) is 12.2 Å². The number of carbonyl (C=O) groups is 1. The zero-order chi connectivity index (χ0) is 13.7. The molecule has 0 aliphatic heterocycles. The molecule has 4 aliphatic rings. The van der Waals surface area contributed by atoms with Gasteiger partial charge in [0.05, 0.1) is 5.60 Å². The quantitative estimate of drug-likeness (QED) is 0.627. The molecule has 0 aromatic carbocycles. The number of hydrogen-bond acceptors (Lipinski definition) is 3. The maximum Gasteiger partial charge on any atom is 0.333 e. The maximum atomic E-state index is 12.1. The van der Waals surface area contributed by atoms with Crippen LogP contribution in [0.1, 0.15) is 58.3 Å². The van der Waals surface area contributed by atoms with Crippen LogP contribution >= 0.6 is 0 Å². The summed E-state index contributed by atoms with van der Waals surface area (Å²) in [5, 5.41) is 10.6. The Labute approximate surface area is 115 Å². The molecule has 106 valence electrons. The van der Waals surface area contributed by atoms with E-state index in [1.54, 1.807) is 0 Å². The highest BCUT2D eigenvalue weighted by atomic mass is 16.6. The smallest absolute Gasteiger partial charge is 0.333 e. The number of aliphatic hydroxyl groups is 1. The van der Waals surface area contributed by atoms with Gasteiger partial charge in [-0.2, -0.15) is 0 Å². The van der Waals surface area contributed by atoms with Gasteiger partial charge >= 0.3 is 5.97 Å². The SMILES string of the molecule is C=C(CCC)C(=O)OC12CC3CC(CC(O)(C3)C1)C2. The molecule has 0 radical (unpaired) electrons. The number of esters is 1. The molecule has 0 amide bonds. The highest BCUT2D eigenvalue weighted by molar-refractivity contribution is 5.88. The van der Waals surface area contributed by atoms with Gasteiger partial charge in [0.2, 0.25) is 0 Å². The van der Waals surface area contributed by atoms with E-state index in [4.69, 9.17) is 4.74 Å². The molecule has 0 spiro atoms. The molecule has 2 unspecified atom stereocenters. The molecule has 4 fully saturated rings. The second-order valence-corrected chi connectivity index (χ2v) is 7.11. The zero-order valence-electron chi connectivity index (χ0n) is 11.8. The summed E-state index contributed by atoms with van der Waals surface area (Å²) in [4.78, 5) is 12.1. The van der Waals surface area contributed by atoms with Gasteiger partial charge in [-0.15, -0.1) is 0 Å². The van der Waals surface area contributed by atoms with Crippen molar-refractivity contribution in [2.75, 3.05) is 0 Å². The van der Waals surface area contributed by atoms with Crippen molar-refractivity contribution >= 4 is 5.97 Å². The predicted molar refractivity (Wildman–Crippen MR) is 72.5 cm³/mol. The Bertz CT molecular complexity index is 398. The Hall–Kier alpha value is -0.830. The molecule has 4 rings (SSSR count). The Morgan fingerprint density at radius 1 is 1.32 bits per heavy atom. The van der Waals surface area contributed by atoms with Crippen LogP contribution in [0.5, 0.6) is 0 Å². The molecule has 1 N–H and O–H groups in total. The molecule has 19 heavy (non-hydrogen) atoms. The fourth-order valence-corrected chi connectivity index (χ4v) is 4.92. The lowest BCUT2D eigenvalue weighted by molar-refractivity contribution is -0.217. The molecular formula is C16H24O3. The fourth-order valence-electron chi connectivity index (χ4n) is 4.92. The van der Waals surface area contributed by atoms with Crippen molar-refractivity contribution < 1.29 is 14.6 Å². The van der Waals surface area contributed by atoms with Crippen molar-refractivity contribution in [1.29, 1.82) is 0 Å². The molecular weight excluding hydrogens is 240 g/mol. The molecule has 4 bridgehead atoms. The summed E-state index contributed by atoms with van der Waals surface area (Å²) in [5.74, 6) is 0.837. The van der Waals surface area contributed by atoms with Crippen LogP contribution in [0.4, 0.5) is 0 Å². The number of hydrogen-bond donors (Lipinski definition) is 1. The first-order valence-corrected chi connectivity index (χ1v) is 7.57. The van der Waals surface area contributed by atoms with Gasteiger partial charge in [0.1, 0.15) is 5.60 Å². The van der Waals surface area contributed by atoms with E-state index in [1.807, 2.05) is 6.92 Å². The van der Waals surface area contributed by atoms with Crippen molar-refractivity contribution in [3.8, 4) is 0 Å². The van der Waals surface area contributed by atoms with Crippen molar-refractivity contribution in [1.82, 2.24) is 0 Å². The summed E-state index contributed by atoms with van der Waals surface area (Å²) in [6.45, 7) is 5.86. The van der Waals surface area contributed by atoms with Crippen LogP contribution in [0.15, 0.2) is 12.2 Å². The monoisotopic (exact) mass is 264 g/mol. The van der Waals surface area contributed by atoms with E-state index >= 15 is 0 Å². The fraction of sp³-hybridized carbons (Fsp3) is 0.812. The van der Waals surface area contributed by atoms with Crippen LogP contribution in [0.3, 0.4) is 0 Å². The Balaban J connectivity index is 1.74. The Kier molecular flexibility index (Phi) is 3.01.